The molecular weight excluding hydrogens is 166 g/mol. The maximum absolute atomic E-state index is 11.1. The minimum Gasteiger partial charge on any atom is -0.494 e. The number of hydrogen-bond donors (Lipinski definition) is 1. The van der Waals surface area contributed by atoms with Gasteiger partial charge in [-0.1, -0.05) is 6.07 Å². The third kappa shape index (κ3) is 1.64. The van der Waals surface area contributed by atoms with E-state index in [0.29, 0.717) is 17.0 Å². The van der Waals surface area contributed by atoms with Crippen molar-refractivity contribution in [1.29, 1.82) is 0 Å². The van der Waals surface area contributed by atoms with Gasteiger partial charge in [-0.25, -0.2) is 0 Å². The first-order valence-electron chi connectivity index (χ1n) is 4.02. The lowest BCUT2D eigenvalue weighted by Crippen LogP contribution is -2.03. The van der Waals surface area contributed by atoms with Gasteiger partial charge in [-0.2, -0.15) is 0 Å². The Balaban J connectivity index is 3.35. The predicted octanol–water partition coefficient (Wildman–Crippen LogP) is 1.79. The molecule has 0 bridgehead atoms. The molecule has 1 aromatic rings. The zero-order valence-electron chi connectivity index (χ0n) is 8.05. The van der Waals surface area contributed by atoms with E-state index in [2.05, 4.69) is 0 Å². The van der Waals surface area contributed by atoms with Crippen LogP contribution < -0.4 is 10.5 Å². The van der Waals surface area contributed by atoms with Crippen LogP contribution in [0.5, 0.6) is 5.75 Å². The number of carbonyl (C=O) groups excluding carboxylic acids is 1. The standard InChI is InChI=1S/C10H13NO2/c1-6-4-5-8(7(2)12)9(11)10(6)13-3/h4-5H,11H2,1-3H3. The molecule has 0 spiro atoms. The summed E-state index contributed by atoms with van der Waals surface area (Å²) in [6.45, 7) is 3.37. The number of aryl methyl sites for hydroxylation is 1. The zero-order valence-corrected chi connectivity index (χ0v) is 8.05. The molecule has 13 heavy (non-hydrogen) atoms. The Morgan fingerprint density at radius 1 is 1.46 bits per heavy atom. The van der Waals surface area contributed by atoms with Gasteiger partial charge < -0.3 is 10.5 Å². The number of ketones is 1. The second kappa shape index (κ2) is 3.47. The average molecular weight is 179 g/mol. The monoisotopic (exact) mass is 179 g/mol. The van der Waals surface area contributed by atoms with E-state index in [0.717, 1.165) is 5.56 Å². The molecule has 0 fully saturated rings. The molecule has 0 aromatic heterocycles. The Hall–Kier alpha value is -1.51. The van der Waals surface area contributed by atoms with Crippen LogP contribution in [0.1, 0.15) is 22.8 Å². The van der Waals surface area contributed by atoms with Gasteiger partial charge in [-0.15, -0.1) is 0 Å². The number of hydrogen-bond acceptors (Lipinski definition) is 3. The van der Waals surface area contributed by atoms with Gasteiger partial charge in [0.1, 0.15) is 5.75 Å². The minimum absolute atomic E-state index is 0.0456. The summed E-state index contributed by atoms with van der Waals surface area (Å²) in [5, 5.41) is 0. The van der Waals surface area contributed by atoms with E-state index in [1.165, 1.54) is 6.92 Å². The van der Waals surface area contributed by atoms with Crippen molar-refractivity contribution in [2.45, 2.75) is 13.8 Å². The molecule has 0 aliphatic carbocycles. The fourth-order valence-corrected chi connectivity index (χ4v) is 1.29. The lowest BCUT2D eigenvalue weighted by atomic mass is 10.1. The number of nitrogens with two attached hydrogens (primary N) is 1. The first-order valence-corrected chi connectivity index (χ1v) is 4.02. The summed E-state index contributed by atoms with van der Waals surface area (Å²) < 4.78 is 5.09. The summed E-state index contributed by atoms with van der Waals surface area (Å²) >= 11 is 0. The molecule has 3 nitrogen and oxygen atoms in total. The van der Waals surface area contributed by atoms with Crippen LogP contribution in [0, 0.1) is 6.92 Å². The number of carbonyl (C=O) groups is 1. The van der Waals surface area contributed by atoms with E-state index in [-0.39, 0.29) is 5.78 Å². The summed E-state index contributed by atoms with van der Waals surface area (Å²) in [5.74, 6) is 0.545. The molecule has 1 aromatic carbocycles. The number of benzene rings is 1. The van der Waals surface area contributed by atoms with E-state index < -0.39 is 0 Å². The Morgan fingerprint density at radius 3 is 2.54 bits per heavy atom. The molecule has 0 atom stereocenters. The number of nitrogen functional groups attached to an aromatic ring is 1. The molecule has 0 aliphatic heterocycles. The third-order valence-corrected chi connectivity index (χ3v) is 1.98. The average Bonchev–Trinajstić information content (AvgIpc) is 2.04. The van der Waals surface area contributed by atoms with Gasteiger partial charge in [0.15, 0.2) is 5.78 Å². The smallest absolute Gasteiger partial charge is 0.162 e. The van der Waals surface area contributed by atoms with Crippen LogP contribution in [-0.4, -0.2) is 12.9 Å². The van der Waals surface area contributed by atoms with Crippen LogP contribution in [0.15, 0.2) is 12.1 Å². The zero-order chi connectivity index (χ0) is 10.0. The van der Waals surface area contributed by atoms with Crippen LogP contribution >= 0.6 is 0 Å². The molecule has 0 saturated carbocycles. The molecule has 0 aliphatic rings. The van der Waals surface area contributed by atoms with Gasteiger partial charge in [-0.3, -0.25) is 4.79 Å². The largest absolute Gasteiger partial charge is 0.494 e. The molecule has 1 rings (SSSR count). The van der Waals surface area contributed by atoms with Crippen LogP contribution in [0.25, 0.3) is 0 Å². The molecule has 0 radical (unpaired) electrons. The number of ether oxygens (including phenoxy) is 1. The highest BCUT2D eigenvalue weighted by Gasteiger charge is 2.11. The van der Waals surface area contributed by atoms with E-state index in [9.17, 15) is 4.79 Å². The molecule has 0 amide bonds. The number of Topliss-reactive ketones (excluding diaryl/α,β-unsaturated/α-hetero) is 1. The Bertz CT molecular complexity index is 345. The van der Waals surface area contributed by atoms with Crippen molar-refractivity contribution in [3.8, 4) is 5.75 Å². The lowest BCUT2D eigenvalue weighted by molar-refractivity contribution is 0.101. The molecule has 3 heteroatoms. The SMILES string of the molecule is COc1c(C)ccc(C(C)=O)c1N. The van der Waals surface area contributed by atoms with E-state index in [4.69, 9.17) is 10.5 Å². The van der Waals surface area contributed by atoms with Gasteiger partial charge in [-0.05, 0) is 25.5 Å². The highest BCUT2D eigenvalue weighted by Crippen LogP contribution is 2.29. The minimum atomic E-state index is -0.0456. The van der Waals surface area contributed by atoms with Crippen molar-refractivity contribution in [2.75, 3.05) is 12.8 Å². The molecule has 70 valence electrons. The lowest BCUT2D eigenvalue weighted by Gasteiger charge is -2.10. The first-order chi connectivity index (χ1) is 6.07. The topological polar surface area (TPSA) is 52.3 Å². The summed E-state index contributed by atoms with van der Waals surface area (Å²) in [6, 6.07) is 3.54. The summed E-state index contributed by atoms with van der Waals surface area (Å²) in [6.07, 6.45) is 0. The van der Waals surface area contributed by atoms with E-state index >= 15 is 0 Å². The summed E-state index contributed by atoms with van der Waals surface area (Å²) in [7, 11) is 1.54. The molecule has 0 saturated heterocycles. The maximum Gasteiger partial charge on any atom is 0.162 e. The van der Waals surface area contributed by atoms with E-state index in [1.54, 1.807) is 13.2 Å². The number of anilines is 1. The van der Waals surface area contributed by atoms with Crippen LogP contribution in [0.3, 0.4) is 0 Å². The van der Waals surface area contributed by atoms with Crippen LogP contribution in [0.4, 0.5) is 5.69 Å². The van der Waals surface area contributed by atoms with Crippen LogP contribution in [-0.2, 0) is 0 Å². The van der Waals surface area contributed by atoms with Gasteiger partial charge in [0.25, 0.3) is 0 Å². The van der Waals surface area contributed by atoms with Crippen molar-refractivity contribution >= 4 is 11.5 Å². The summed E-state index contributed by atoms with van der Waals surface area (Å²) in [5.41, 5.74) is 7.63. The second-order valence-electron chi connectivity index (χ2n) is 2.93. The Morgan fingerprint density at radius 2 is 2.08 bits per heavy atom. The van der Waals surface area contributed by atoms with E-state index in [1.807, 2.05) is 13.0 Å². The Kier molecular flexibility index (Phi) is 2.56. The summed E-state index contributed by atoms with van der Waals surface area (Å²) in [4.78, 5) is 11.1. The van der Waals surface area contributed by atoms with Crippen molar-refractivity contribution < 1.29 is 9.53 Å². The molecule has 0 heterocycles. The van der Waals surface area contributed by atoms with Crippen molar-refractivity contribution in [2.24, 2.45) is 0 Å². The highest BCUT2D eigenvalue weighted by atomic mass is 16.5. The quantitative estimate of drug-likeness (QED) is 0.556. The van der Waals surface area contributed by atoms with Crippen LogP contribution in [0.2, 0.25) is 0 Å². The van der Waals surface area contributed by atoms with Gasteiger partial charge in [0.2, 0.25) is 0 Å². The number of rotatable bonds is 2. The molecule has 0 unspecified atom stereocenters. The highest BCUT2D eigenvalue weighted by molar-refractivity contribution is 6.00. The predicted molar refractivity (Wildman–Crippen MR) is 52.1 cm³/mol. The van der Waals surface area contributed by atoms with Gasteiger partial charge in [0.05, 0.1) is 12.8 Å². The van der Waals surface area contributed by atoms with Crippen molar-refractivity contribution in [3.05, 3.63) is 23.3 Å². The fraction of sp³-hybridized carbons (Fsp3) is 0.300. The van der Waals surface area contributed by atoms with Crippen molar-refractivity contribution in [1.82, 2.24) is 0 Å². The molecular formula is C10H13NO2. The third-order valence-electron chi connectivity index (χ3n) is 1.98. The van der Waals surface area contributed by atoms with Gasteiger partial charge in [0, 0.05) is 5.56 Å². The molecule has 2 N–H and O–H groups in total. The first kappa shape index (κ1) is 9.58. The number of methoxy groups -OCH3 is 1. The Labute approximate surface area is 77.5 Å². The van der Waals surface area contributed by atoms with Gasteiger partial charge >= 0.3 is 0 Å². The second-order valence-corrected chi connectivity index (χ2v) is 2.93. The van der Waals surface area contributed by atoms with Crippen molar-refractivity contribution in [3.63, 3.8) is 0 Å². The normalized spacial score (nSPS) is 9.77. The fourth-order valence-electron chi connectivity index (χ4n) is 1.29. The maximum atomic E-state index is 11.1.